The van der Waals surface area contributed by atoms with Crippen LogP contribution in [0.3, 0.4) is 0 Å². The molecule has 0 fully saturated rings. The number of aryl methyl sites for hydroxylation is 1. The van der Waals surface area contributed by atoms with Gasteiger partial charge < -0.3 is 3.79 Å². The SMILES string of the molecule is Cc1cccc([O][AlH2])c1. The van der Waals surface area contributed by atoms with E-state index in [9.17, 15) is 0 Å². The Balaban J connectivity index is 2.94. The molecule has 0 aromatic heterocycles. The second-order valence-corrected chi connectivity index (χ2v) is 2.43. The zero-order valence-electron chi connectivity index (χ0n) is 5.72. The molecule has 1 aromatic carbocycles. The summed E-state index contributed by atoms with van der Waals surface area (Å²) >= 11 is 0.774. The quantitative estimate of drug-likeness (QED) is 0.522. The van der Waals surface area contributed by atoms with E-state index >= 15 is 0 Å². The van der Waals surface area contributed by atoms with Crippen molar-refractivity contribution in [2.75, 3.05) is 0 Å². The largest absolute Gasteiger partial charge is 0.647 e. The van der Waals surface area contributed by atoms with Crippen molar-refractivity contribution < 1.29 is 3.79 Å². The maximum Gasteiger partial charge on any atom is 0.496 e. The van der Waals surface area contributed by atoms with Crippen molar-refractivity contribution in [1.29, 1.82) is 0 Å². The van der Waals surface area contributed by atoms with E-state index in [4.69, 9.17) is 3.79 Å². The van der Waals surface area contributed by atoms with Crippen LogP contribution in [0.5, 0.6) is 5.75 Å². The molecule has 1 aromatic rings. The van der Waals surface area contributed by atoms with Crippen LogP contribution in [-0.4, -0.2) is 16.6 Å². The average Bonchev–Trinajstić information content (AvgIpc) is 1.88. The molecule has 1 rings (SSSR count). The molecule has 0 unspecified atom stereocenters. The third kappa shape index (κ3) is 1.74. The Labute approximate surface area is 63.4 Å². The summed E-state index contributed by atoms with van der Waals surface area (Å²) in [6, 6.07) is 8.07. The molecule has 0 heterocycles. The zero-order chi connectivity index (χ0) is 6.69. The summed E-state index contributed by atoms with van der Waals surface area (Å²) in [4.78, 5) is 0. The van der Waals surface area contributed by atoms with Gasteiger partial charge in [-0.25, -0.2) is 0 Å². The van der Waals surface area contributed by atoms with Gasteiger partial charge in [-0.05, 0) is 24.6 Å². The first-order valence-electron chi connectivity index (χ1n) is 2.93. The summed E-state index contributed by atoms with van der Waals surface area (Å²) in [6.07, 6.45) is 0. The zero-order valence-corrected chi connectivity index (χ0v) is 7.72. The third-order valence-corrected chi connectivity index (χ3v) is 1.70. The first kappa shape index (κ1) is 6.67. The number of hydrogen-bond acceptors (Lipinski definition) is 1. The van der Waals surface area contributed by atoms with Crippen molar-refractivity contribution in [1.82, 2.24) is 0 Å². The number of hydrogen-bond donors (Lipinski definition) is 0. The van der Waals surface area contributed by atoms with E-state index in [-0.39, 0.29) is 0 Å². The van der Waals surface area contributed by atoms with E-state index in [0.717, 1.165) is 22.4 Å². The summed E-state index contributed by atoms with van der Waals surface area (Å²) in [6.45, 7) is 2.06. The fourth-order valence-electron chi connectivity index (χ4n) is 0.742. The van der Waals surface area contributed by atoms with Gasteiger partial charge in [-0.2, -0.15) is 0 Å². The predicted molar refractivity (Wildman–Crippen MR) is 40.4 cm³/mol. The van der Waals surface area contributed by atoms with Crippen molar-refractivity contribution in [2.45, 2.75) is 6.92 Å². The Hall–Kier alpha value is -0.448. The summed E-state index contributed by atoms with van der Waals surface area (Å²) in [5.74, 6) is 0.988. The first-order chi connectivity index (χ1) is 4.33. The molecule has 0 saturated heterocycles. The lowest BCUT2D eigenvalue weighted by molar-refractivity contribution is 0.615. The second kappa shape index (κ2) is 2.91. The molecule has 0 radical (unpaired) electrons. The highest BCUT2D eigenvalue weighted by Crippen LogP contribution is 2.10. The topological polar surface area (TPSA) is 9.23 Å². The van der Waals surface area contributed by atoms with E-state index in [2.05, 4.69) is 13.0 Å². The van der Waals surface area contributed by atoms with E-state index in [0.29, 0.717) is 0 Å². The molecule has 0 aliphatic carbocycles. The molecule has 1 nitrogen and oxygen atoms in total. The van der Waals surface area contributed by atoms with Gasteiger partial charge in [0.05, 0.1) is 5.75 Å². The number of benzene rings is 1. The van der Waals surface area contributed by atoms with Gasteiger partial charge in [0, 0.05) is 0 Å². The van der Waals surface area contributed by atoms with Gasteiger partial charge in [0.15, 0.2) is 0 Å². The van der Waals surface area contributed by atoms with Crippen LogP contribution in [0.4, 0.5) is 0 Å². The van der Waals surface area contributed by atoms with E-state index < -0.39 is 0 Å². The Kier molecular flexibility index (Phi) is 2.16. The van der Waals surface area contributed by atoms with Gasteiger partial charge in [0.25, 0.3) is 0 Å². The van der Waals surface area contributed by atoms with Crippen LogP contribution < -0.4 is 3.79 Å². The van der Waals surface area contributed by atoms with E-state index in [1.54, 1.807) is 0 Å². The highest BCUT2D eigenvalue weighted by atomic mass is 27.1. The highest BCUT2D eigenvalue weighted by molar-refractivity contribution is 5.99. The maximum atomic E-state index is 5.13. The molecule has 0 aliphatic rings. The Morgan fingerprint density at radius 3 is 2.67 bits per heavy atom. The van der Waals surface area contributed by atoms with Gasteiger partial charge in [-0.3, -0.25) is 0 Å². The summed E-state index contributed by atoms with van der Waals surface area (Å²) in [5, 5.41) is 0. The summed E-state index contributed by atoms with van der Waals surface area (Å²) in [5.41, 5.74) is 1.25. The van der Waals surface area contributed by atoms with Crippen LogP contribution in [0, 0.1) is 6.92 Å². The molecule has 0 amide bonds. The smallest absolute Gasteiger partial charge is 0.496 e. The van der Waals surface area contributed by atoms with Crippen LogP contribution in [0.15, 0.2) is 24.3 Å². The molecule has 0 N–H and O–H groups in total. The monoisotopic (exact) mass is 136 g/mol. The van der Waals surface area contributed by atoms with E-state index in [1.165, 1.54) is 5.56 Å². The second-order valence-electron chi connectivity index (χ2n) is 2.02. The van der Waals surface area contributed by atoms with Crippen LogP contribution in [0.25, 0.3) is 0 Å². The van der Waals surface area contributed by atoms with Crippen molar-refractivity contribution >= 4 is 16.6 Å². The molecule has 0 bridgehead atoms. The van der Waals surface area contributed by atoms with Gasteiger partial charge in [0.1, 0.15) is 0 Å². The molecular formula is C7H9AlO. The Morgan fingerprint density at radius 2 is 2.22 bits per heavy atom. The first-order valence-corrected chi connectivity index (χ1v) is 3.75. The minimum atomic E-state index is 0.774. The van der Waals surface area contributed by atoms with Crippen LogP contribution in [0.1, 0.15) is 5.56 Å². The fourth-order valence-corrected chi connectivity index (χ4v) is 0.996. The summed E-state index contributed by atoms with van der Waals surface area (Å²) in [7, 11) is 0. The normalized spacial score (nSPS) is 9.00. The molecule has 0 aliphatic heterocycles. The fraction of sp³-hybridized carbons (Fsp3) is 0.143. The third-order valence-electron chi connectivity index (χ3n) is 1.23. The molecule has 46 valence electrons. The van der Waals surface area contributed by atoms with Gasteiger partial charge in [-0.1, -0.05) is 12.1 Å². The maximum absolute atomic E-state index is 5.13. The minimum absolute atomic E-state index is 0.774. The lowest BCUT2D eigenvalue weighted by Crippen LogP contribution is -1.83. The molecule has 0 saturated carbocycles. The van der Waals surface area contributed by atoms with Gasteiger partial charge in [-0.15, -0.1) is 0 Å². The van der Waals surface area contributed by atoms with Gasteiger partial charge >= 0.3 is 16.6 Å². The summed E-state index contributed by atoms with van der Waals surface area (Å²) < 4.78 is 5.13. The molecule has 2 heteroatoms. The lowest BCUT2D eigenvalue weighted by atomic mass is 10.2. The van der Waals surface area contributed by atoms with Crippen molar-refractivity contribution in [3.63, 3.8) is 0 Å². The van der Waals surface area contributed by atoms with Crippen LogP contribution >= 0.6 is 0 Å². The predicted octanol–water partition coefficient (Wildman–Crippen LogP) is 0.922. The van der Waals surface area contributed by atoms with Crippen molar-refractivity contribution in [3.8, 4) is 5.75 Å². The Bertz CT molecular complexity index is 198. The van der Waals surface area contributed by atoms with Gasteiger partial charge in [0.2, 0.25) is 0 Å². The lowest BCUT2D eigenvalue weighted by Gasteiger charge is -2.00. The molecule has 9 heavy (non-hydrogen) atoms. The molecule has 0 atom stereocenters. The van der Waals surface area contributed by atoms with Crippen LogP contribution in [0.2, 0.25) is 0 Å². The van der Waals surface area contributed by atoms with Crippen molar-refractivity contribution in [2.24, 2.45) is 0 Å². The average molecular weight is 136 g/mol. The van der Waals surface area contributed by atoms with Crippen molar-refractivity contribution in [3.05, 3.63) is 29.8 Å². The van der Waals surface area contributed by atoms with E-state index in [1.807, 2.05) is 18.2 Å². The van der Waals surface area contributed by atoms with Crippen LogP contribution in [-0.2, 0) is 0 Å². The molecule has 0 spiro atoms. The minimum Gasteiger partial charge on any atom is -0.647 e. The Morgan fingerprint density at radius 1 is 1.44 bits per heavy atom. The number of rotatable bonds is 1. The standard InChI is InChI=1S/C7H8O.Al.2H/c1-6-3-2-4-7(8)5-6;;;/h2-5,8H,1H3;;;/q;+1;;/p-1. The highest BCUT2D eigenvalue weighted by Gasteiger charge is 1.85. The molecular weight excluding hydrogens is 127 g/mol.